The lowest BCUT2D eigenvalue weighted by Crippen LogP contribution is -2.43. The summed E-state index contributed by atoms with van der Waals surface area (Å²) >= 11 is 7.49. The molecule has 2 aromatic rings. The molecule has 0 saturated carbocycles. The second kappa shape index (κ2) is 10.6. The predicted octanol–water partition coefficient (Wildman–Crippen LogP) is 3.93. The third kappa shape index (κ3) is 6.44. The van der Waals surface area contributed by atoms with Crippen molar-refractivity contribution in [3.05, 3.63) is 64.9 Å². The van der Waals surface area contributed by atoms with Crippen LogP contribution >= 0.6 is 23.4 Å². The lowest BCUT2D eigenvalue weighted by atomic mass is 9.97. The molecular weight excluding hydrogens is 447 g/mol. The van der Waals surface area contributed by atoms with Crippen LogP contribution in [-0.2, 0) is 20.6 Å². The van der Waals surface area contributed by atoms with Crippen molar-refractivity contribution in [3.8, 4) is 0 Å². The zero-order valence-electron chi connectivity index (χ0n) is 16.4. The van der Waals surface area contributed by atoms with Crippen molar-refractivity contribution in [2.45, 2.75) is 23.5 Å². The molecule has 1 fully saturated rings. The van der Waals surface area contributed by atoms with Crippen molar-refractivity contribution in [2.75, 3.05) is 25.4 Å². The Morgan fingerprint density at radius 3 is 2.47 bits per heavy atom. The maximum atomic E-state index is 13.8. The highest BCUT2D eigenvalue weighted by molar-refractivity contribution is 7.99. The summed E-state index contributed by atoms with van der Waals surface area (Å²) in [6.45, 7) is 1.08. The number of piperidine rings is 1. The molecule has 1 heterocycles. The molecule has 1 aliphatic heterocycles. The van der Waals surface area contributed by atoms with Crippen LogP contribution in [0.25, 0.3) is 0 Å². The number of carbonyl (C=O) groups excluding carboxylic acids is 1. The highest BCUT2D eigenvalue weighted by Gasteiger charge is 2.31. The zero-order valence-corrected chi connectivity index (χ0v) is 18.8. The molecule has 3 rings (SSSR count). The maximum absolute atomic E-state index is 13.8. The van der Waals surface area contributed by atoms with Gasteiger partial charge in [0.2, 0.25) is 15.9 Å². The van der Waals surface area contributed by atoms with Gasteiger partial charge in [-0.05, 0) is 43.2 Å². The largest absolute Gasteiger partial charge is 0.355 e. The number of hydrogen-bond acceptors (Lipinski definition) is 4. The number of nitrogens with zero attached hydrogens (tertiary/aromatic N) is 1. The summed E-state index contributed by atoms with van der Waals surface area (Å²) in [7, 11) is -3.61. The number of benzene rings is 2. The normalized spacial score (nSPS) is 15.8. The van der Waals surface area contributed by atoms with Crippen molar-refractivity contribution < 1.29 is 17.6 Å². The summed E-state index contributed by atoms with van der Waals surface area (Å²) in [6.07, 6.45) is 0.930. The summed E-state index contributed by atoms with van der Waals surface area (Å²) in [5, 5.41) is 3.62. The van der Waals surface area contributed by atoms with E-state index in [0.29, 0.717) is 24.4 Å². The van der Waals surface area contributed by atoms with Crippen LogP contribution < -0.4 is 5.32 Å². The molecule has 0 atom stereocenters. The SMILES string of the molecule is O=C(NCCSc1ccc(Cl)cc1)C1CCN(S(=O)(=O)Cc2ccccc2F)CC1. The van der Waals surface area contributed by atoms with Crippen molar-refractivity contribution in [1.82, 2.24) is 9.62 Å². The van der Waals surface area contributed by atoms with E-state index in [2.05, 4.69) is 5.32 Å². The summed E-state index contributed by atoms with van der Waals surface area (Å²) in [6, 6.07) is 13.4. The van der Waals surface area contributed by atoms with Gasteiger partial charge in [-0.2, -0.15) is 0 Å². The average molecular weight is 471 g/mol. The molecule has 0 spiro atoms. The fraction of sp³-hybridized carbons (Fsp3) is 0.381. The Hall–Kier alpha value is -1.61. The zero-order chi connectivity index (χ0) is 21.6. The van der Waals surface area contributed by atoms with Gasteiger partial charge in [-0.3, -0.25) is 4.79 Å². The first-order valence-electron chi connectivity index (χ1n) is 9.72. The van der Waals surface area contributed by atoms with E-state index < -0.39 is 15.8 Å². The van der Waals surface area contributed by atoms with Crippen LogP contribution in [0.15, 0.2) is 53.4 Å². The number of carbonyl (C=O) groups is 1. The molecule has 0 unspecified atom stereocenters. The third-order valence-electron chi connectivity index (χ3n) is 5.00. The van der Waals surface area contributed by atoms with Crippen molar-refractivity contribution >= 4 is 39.3 Å². The maximum Gasteiger partial charge on any atom is 0.223 e. The van der Waals surface area contributed by atoms with Gasteiger partial charge in [-0.15, -0.1) is 11.8 Å². The molecule has 0 aromatic heterocycles. The Bertz CT molecular complexity index is 962. The molecule has 162 valence electrons. The molecule has 1 aliphatic rings. The summed E-state index contributed by atoms with van der Waals surface area (Å²) < 4.78 is 40.3. The number of sulfonamides is 1. The fourth-order valence-corrected chi connectivity index (χ4v) is 5.79. The van der Waals surface area contributed by atoms with Gasteiger partial charge in [0.05, 0.1) is 5.75 Å². The predicted molar refractivity (Wildman–Crippen MR) is 119 cm³/mol. The van der Waals surface area contributed by atoms with E-state index in [4.69, 9.17) is 11.6 Å². The molecule has 0 bridgehead atoms. The quantitative estimate of drug-likeness (QED) is 0.469. The van der Waals surface area contributed by atoms with Gasteiger partial charge in [-0.1, -0.05) is 29.8 Å². The van der Waals surface area contributed by atoms with E-state index in [9.17, 15) is 17.6 Å². The Labute approximate surface area is 186 Å². The van der Waals surface area contributed by atoms with Crippen LogP contribution in [0.4, 0.5) is 4.39 Å². The molecule has 1 amide bonds. The fourth-order valence-electron chi connectivity index (χ4n) is 3.32. The minimum Gasteiger partial charge on any atom is -0.355 e. The minimum atomic E-state index is -3.61. The van der Waals surface area contributed by atoms with Gasteiger partial charge < -0.3 is 5.32 Å². The second-order valence-electron chi connectivity index (χ2n) is 7.11. The molecule has 2 aromatic carbocycles. The molecule has 0 radical (unpaired) electrons. The number of thioether (sulfide) groups is 1. The van der Waals surface area contributed by atoms with E-state index >= 15 is 0 Å². The van der Waals surface area contributed by atoms with Gasteiger partial charge >= 0.3 is 0 Å². The lowest BCUT2D eigenvalue weighted by molar-refractivity contribution is -0.125. The summed E-state index contributed by atoms with van der Waals surface area (Å²) in [5.41, 5.74) is 0.163. The van der Waals surface area contributed by atoms with E-state index in [-0.39, 0.29) is 36.2 Å². The Balaban J connectivity index is 1.41. The molecule has 9 heteroatoms. The smallest absolute Gasteiger partial charge is 0.223 e. The van der Waals surface area contributed by atoms with Crippen LogP contribution in [0.1, 0.15) is 18.4 Å². The minimum absolute atomic E-state index is 0.0437. The van der Waals surface area contributed by atoms with Crippen LogP contribution in [0, 0.1) is 11.7 Å². The standard InChI is InChI=1S/C21H24ClFN2O3S2/c22-18-5-7-19(8-6-18)29-14-11-24-21(26)16-9-12-25(13-10-16)30(27,28)15-17-3-1-2-4-20(17)23/h1-8,16H,9-15H2,(H,24,26). The monoisotopic (exact) mass is 470 g/mol. The molecule has 1 saturated heterocycles. The average Bonchev–Trinajstić information content (AvgIpc) is 2.74. The van der Waals surface area contributed by atoms with Gasteiger partial charge in [-0.25, -0.2) is 17.1 Å². The molecule has 5 nitrogen and oxygen atoms in total. The van der Waals surface area contributed by atoms with E-state index in [0.717, 1.165) is 10.6 Å². The van der Waals surface area contributed by atoms with Crippen LogP contribution in [0.2, 0.25) is 5.02 Å². The van der Waals surface area contributed by atoms with Gasteiger partial charge in [0, 0.05) is 46.8 Å². The first-order chi connectivity index (χ1) is 14.3. The lowest BCUT2D eigenvalue weighted by Gasteiger charge is -2.30. The first kappa shape index (κ1) is 23.1. The van der Waals surface area contributed by atoms with Gasteiger partial charge in [0.25, 0.3) is 0 Å². The van der Waals surface area contributed by atoms with Gasteiger partial charge in [0.1, 0.15) is 5.82 Å². The first-order valence-corrected chi connectivity index (χ1v) is 12.7. The molecule has 1 N–H and O–H groups in total. The molecular formula is C21H24ClFN2O3S2. The highest BCUT2D eigenvalue weighted by Crippen LogP contribution is 2.23. The summed E-state index contributed by atoms with van der Waals surface area (Å²) in [5.74, 6) is -0.392. The number of hydrogen-bond donors (Lipinski definition) is 1. The van der Waals surface area contributed by atoms with Crippen LogP contribution in [0.3, 0.4) is 0 Å². The van der Waals surface area contributed by atoms with Crippen molar-refractivity contribution in [3.63, 3.8) is 0 Å². The van der Waals surface area contributed by atoms with E-state index in [1.54, 1.807) is 17.8 Å². The topological polar surface area (TPSA) is 66.5 Å². The Morgan fingerprint density at radius 1 is 1.13 bits per heavy atom. The number of halogens is 2. The van der Waals surface area contributed by atoms with Crippen molar-refractivity contribution in [1.29, 1.82) is 0 Å². The Morgan fingerprint density at radius 2 is 1.80 bits per heavy atom. The highest BCUT2D eigenvalue weighted by atomic mass is 35.5. The number of nitrogens with one attached hydrogen (secondary N) is 1. The third-order valence-corrected chi connectivity index (χ3v) is 8.09. The van der Waals surface area contributed by atoms with E-state index in [1.165, 1.54) is 22.5 Å². The van der Waals surface area contributed by atoms with Crippen LogP contribution in [-0.4, -0.2) is 44.0 Å². The van der Waals surface area contributed by atoms with E-state index in [1.807, 2.05) is 24.3 Å². The number of rotatable bonds is 8. The second-order valence-corrected chi connectivity index (χ2v) is 10.7. The van der Waals surface area contributed by atoms with Crippen LogP contribution in [0.5, 0.6) is 0 Å². The molecule has 30 heavy (non-hydrogen) atoms. The molecule has 0 aliphatic carbocycles. The van der Waals surface area contributed by atoms with Gasteiger partial charge in [0.15, 0.2) is 0 Å². The number of amides is 1. The summed E-state index contributed by atoms with van der Waals surface area (Å²) in [4.78, 5) is 13.5. The van der Waals surface area contributed by atoms with Crippen molar-refractivity contribution in [2.24, 2.45) is 5.92 Å². The Kier molecular flexibility index (Phi) is 8.16.